The van der Waals surface area contributed by atoms with E-state index in [9.17, 15) is 0 Å². The Labute approximate surface area is 77.7 Å². The molecule has 1 rings (SSSR count). The molecule has 1 aliphatic carbocycles. The predicted octanol–water partition coefficient (Wildman–Crippen LogP) is 4.10. The zero-order chi connectivity index (χ0) is 9.35. The molecule has 1 saturated carbocycles. The van der Waals surface area contributed by atoms with Crippen LogP contribution < -0.4 is 0 Å². The lowest BCUT2D eigenvalue weighted by molar-refractivity contribution is 0.160. The minimum Gasteiger partial charge on any atom is -0.0648 e. The van der Waals surface area contributed by atoms with Crippen LogP contribution in [0.5, 0.6) is 0 Å². The molecule has 0 unspecified atom stereocenters. The molecule has 0 nitrogen and oxygen atoms in total. The molecule has 0 aliphatic heterocycles. The molecule has 1 fully saturated rings. The first-order chi connectivity index (χ1) is 5.53. The summed E-state index contributed by atoms with van der Waals surface area (Å²) in [4.78, 5) is 0. The van der Waals surface area contributed by atoms with Gasteiger partial charge in [-0.05, 0) is 36.0 Å². The third kappa shape index (κ3) is 1.67. The molecule has 0 saturated heterocycles. The van der Waals surface area contributed by atoms with Gasteiger partial charge in [0.15, 0.2) is 0 Å². The van der Waals surface area contributed by atoms with E-state index in [1.165, 1.54) is 19.3 Å². The normalized spacial score (nSPS) is 21.0. The highest BCUT2D eigenvalue weighted by Gasteiger charge is 2.49. The van der Waals surface area contributed by atoms with Gasteiger partial charge in [0, 0.05) is 0 Å². The van der Waals surface area contributed by atoms with Crippen LogP contribution in [0.4, 0.5) is 0 Å². The van der Waals surface area contributed by atoms with Crippen molar-refractivity contribution in [3.63, 3.8) is 0 Å². The molecule has 1 aliphatic rings. The van der Waals surface area contributed by atoms with E-state index in [-0.39, 0.29) is 0 Å². The summed E-state index contributed by atoms with van der Waals surface area (Å²) in [6, 6.07) is 0. The van der Waals surface area contributed by atoms with Crippen molar-refractivity contribution in [2.75, 3.05) is 0 Å². The van der Waals surface area contributed by atoms with Crippen molar-refractivity contribution in [2.24, 2.45) is 23.2 Å². The van der Waals surface area contributed by atoms with Gasteiger partial charge >= 0.3 is 0 Å². The van der Waals surface area contributed by atoms with Crippen LogP contribution in [0, 0.1) is 23.2 Å². The highest BCUT2D eigenvalue weighted by atomic mass is 14.5. The standard InChI is InChI=1S/C12H24/c1-6-12(7-8-12)11(9(2)3)10(4)5/h9-11H,6-8H2,1-5H3. The van der Waals surface area contributed by atoms with E-state index in [4.69, 9.17) is 0 Å². The molecule has 0 N–H and O–H groups in total. The molecule has 0 aromatic carbocycles. The van der Waals surface area contributed by atoms with E-state index in [1.54, 1.807) is 0 Å². The second-order valence-electron chi connectivity index (χ2n) is 5.23. The van der Waals surface area contributed by atoms with Crippen molar-refractivity contribution in [3.8, 4) is 0 Å². The SMILES string of the molecule is CCC1(C(C(C)C)C(C)C)CC1. The fraction of sp³-hybridized carbons (Fsp3) is 1.00. The van der Waals surface area contributed by atoms with Gasteiger partial charge in [-0.25, -0.2) is 0 Å². The molecule has 0 heterocycles. The maximum atomic E-state index is 2.39. The van der Waals surface area contributed by atoms with Crippen LogP contribution in [-0.2, 0) is 0 Å². The summed E-state index contributed by atoms with van der Waals surface area (Å²) in [6.07, 6.45) is 4.38. The molecule has 0 amide bonds. The van der Waals surface area contributed by atoms with Crippen LogP contribution in [-0.4, -0.2) is 0 Å². The Bertz CT molecular complexity index is 132. The van der Waals surface area contributed by atoms with E-state index in [1.807, 2.05) is 0 Å². The molecule has 0 atom stereocenters. The molecule has 72 valence electrons. The molecule has 0 aromatic heterocycles. The average Bonchev–Trinajstić information content (AvgIpc) is 2.68. The largest absolute Gasteiger partial charge is 0.0648 e. The first-order valence-corrected chi connectivity index (χ1v) is 5.53. The monoisotopic (exact) mass is 168 g/mol. The van der Waals surface area contributed by atoms with E-state index < -0.39 is 0 Å². The maximum absolute atomic E-state index is 2.39. The fourth-order valence-electron chi connectivity index (χ4n) is 3.27. The van der Waals surface area contributed by atoms with Crippen molar-refractivity contribution < 1.29 is 0 Å². The predicted molar refractivity (Wildman–Crippen MR) is 55.1 cm³/mol. The third-order valence-corrected chi connectivity index (χ3v) is 3.74. The molecule has 12 heavy (non-hydrogen) atoms. The highest BCUT2D eigenvalue weighted by Crippen LogP contribution is 2.59. The fourth-order valence-corrected chi connectivity index (χ4v) is 3.27. The Kier molecular flexibility index (Phi) is 2.85. The molecule has 0 aromatic rings. The van der Waals surface area contributed by atoms with Gasteiger partial charge in [0.2, 0.25) is 0 Å². The third-order valence-electron chi connectivity index (χ3n) is 3.74. The lowest BCUT2D eigenvalue weighted by Gasteiger charge is -2.33. The quantitative estimate of drug-likeness (QED) is 0.592. The smallest absolute Gasteiger partial charge is 0.0266 e. The van der Waals surface area contributed by atoms with Crippen LogP contribution in [0.3, 0.4) is 0 Å². The van der Waals surface area contributed by atoms with Crippen molar-refractivity contribution in [2.45, 2.75) is 53.9 Å². The summed E-state index contributed by atoms with van der Waals surface area (Å²) in [5.74, 6) is 2.70. The Hall–Kier alpha value is 0. The summed E-state index contributed by atoms with van der Waals surface area (Å²) >= 11 is 0. The second-order valence-corrected chi connectivity index (χ2v) is 5.23. The molecule has 0 heteroatoms. The van der Waals surface area contributed by atoms with Crippen LogP contribution in [0.15, 0.2) is 0 Å². The van der Waals surface area contributed by atoms with Gasteiger partial charge in [-0.2, -0.15) is 0 Å². The van der Waals surface area contributed by atoms with Gasteiger partial charge in [0.25, 0.3) is 0 Å². The zero-order valence-electron chi connectivity index (χ0n) is 9.35. The zero-order valence-corrected chi connectivity index (χ0v) is 9.35. The van der Waals surface area contributed by atoms with E-state index in [0.29, 0.717) is 0 Å². The van der Waals surface area contributed by atoms with Gasteiger partial charge in [0.05, 0.1) is 0 Å². The van der Waals surface area contributed by atoms with Crippen LogP contribution in [0.1, 0.15) is 53.9 Å². The van der Waals surface area contributed by atoms with E-state index in [0.717, 1.165) is 23.2 Å². The minimum atomic E-state index is 0.752. The maximum Gasteiger partial charge on any atom is -0.0266 e. The van der Waals surface area contributed by atoms with Crippen molar-refractivity contribution in [1.82, 2.24) is 0 Å². The van der Waals surface area contributed by atoms with Crippen molar-refractivity contribution >= 4 is 0 Å². The van der Waals surface area contributed by atoms with Gasteiger partial charge in [-0.15, -0.1) is 0 Å². The van der Waals surface area contributed by atoms with Crippen molar-refractivity contribution in [1.29, 1.82) is 0 Å². The number of rotatable bonds is 4. The molecular weight excluding hydrogens is 144 g/mol. The topological polar surface area (TPSA) is 0 Å². The summed E-state index contributed by atoms with van der Waals surface area (Å²) in [7, 11) is 0. The van der Waals surface area contributed by atoms with E-state index >= 15 is 0 Å². The van der Waals surface area contributed by atoms with Crippen LogP contribution in [0.2, 0.25) is 0 Å². The Morgan fingerprint density at radius 1 is 1.00 bits per heavy atom. The average molecular weight is 168 g/mol. The molecule has 0 spiro atoms. The van der Waals surface area contributed by atoms with Gasteiger partial charge < -0.3 is 0 Å². The summed E-state index contributed by atoms with van der Waals surface area (Å²) in [5, 5.41) is 0. The van der Waals surface area contributed by atoms with Gasteiger partial charge in [-0.3, -0.25) is 0 Å². The van der Waals surface area contributed by atoms with Crippen molar-refractivity contribution in [3.05, 3.63) is 0 Å². The Morgan fingerprint density at radius 2 is 1.42 bits per heavy atom. The lowest BCUT2D eigenvalue weighted by atomic mass is 9.72. The van der Waals surface area contributed by atoms with Gasteiger partial charge in [-0.1, -0.05) is 41.0 Å². The molecular formula is C12H24. The lowest BCUT2D eigenvalue weighted by Crippen LogP contribution is -2.26. The Morgan fingerprint density at radius 3 is 1.50 bits per heavy atom. The molecule has 0 bridgehead atoms. The first kappa shape index (κ1) is 10.1. The number of hydrogen-bond donors (Lipinski definition) is 0. The summed E-state index contributed by atoms with van der Waals surface area (Å²) in [6.45, 7) is 11.9. The number of hydrogen-bond acceptors (Lipinski definition) is 0. The molecule has 0 radical (unpaired) electrons. The summed E-state index contributed by atoms with van der Waals surface area (Å²) in [5.41, 5.74) is 0.752. The summed E-state index contributed by atoms with van der Waals surface area (Å²) < 4.78 is 0. The Balaban J connectivity index is 2.66. The first-order valence-electron chi connectivity index (χ1n) is 5.53. The van der Waals surface area contributed by atoms with E-state index in [2.05, 4.69) is 34.6 Å². The second kappa shape index (κ2) is 3.40. The van der Waals surface area contributed by atoms with Gasteiger partial charge in [0.1, 0.15) is 0 Å². The van der Waals surface area contributed by atoms with Crippen LogP contribution in [0.25, 0.3) is 0 Å². The van der Waals surface area contributed by atoms with Crippen LogP contribution >= 0.6 is 0 Å². The minimum absolute atomic E-state index is 0.752. The highest BCUT2D eigenvalue weighted by molar-refractivity contribution is 4.99.